The van der Waals surface area contributed by atoms with Gasteiger partial charge in [0.2, 0.25) is 0 Å². The Morgan fingerprint density at radius 2 is 1.95 bits per heavy atom. The summed E-state index contributed by atoms with van der Waals surface area (Å²) in [7, 11) is 0. The van der Waals surface area contributed by atoms with Crippen molar-refractivity contribution >= 4 is 22.1 Å². The first-order valence-electron chi connectivity index (χ1n) is 7.53. The number of benzene rings is 2. The van der Waals surface area contributed by atoms with E-state index in [-0.39, 0.29) is 0 Å². The number of nitrogens with zero attached hydrogens (tertiary/aromatic N) is 1. The highest BCUT2D eigenvalue weighted by molar-refractivity contribution is 7.09. The molecule has 0 atom stereocenters. The van der Waals surface area contributed by atoms with Crippen molar-refractivity contribution in [2.24, 2.45) is 5.92 Å². The van der Waals surface area contributed by atoms with Gasteiger partial charge in [0, 0.05) is 17.5 Å². The number of hydrogen-bond donors (Lipinski definition) is 1. The molecule has 0 saturated heterocycles. The van der Waals surface area contributed by atoms with Crippen molar-refractivity contribution < 1.29 is 0 Å². The van der Waals surface area contributed by atoms with Crippen LogP contribution in [0.2, 0.25) is 0 Å². The number of aromatic nitrogens is 1. The number of hydrogen-bond acceptors (Lipinski definition) is 3. The predicted octanol–water partition coefficient (Wildman–Crippen LogP) is 4.46. The lowest BCUT2D eigenvalue weighted by molar-refractivity contribution is 0.637. The maximum atomic E-state index is 4.80. The summed E-state index contributed by atoms with van der Waals surface area (Å²) in [5.41, 5.74) is 2.33. The highest BCUT2D eigenvalue weighted by Gasteiger charge is 2.20. The monoisotopic (exact) mass is 294 g/mol. The molecule has 3 heteroatoms. The van der Waals surface area contributed by atoms with Gasteiger partial charge >= 0.3 is 0 Å². The summed E-state index contributed by atoms with van der Waals surface area (Å²) >= 11 is 1.75. The Balaban J connectivity index is 1.58. The molecule has 3 aromatic rings. The first-order chi connectivity index (χ1) is 10.4. The number of thiazole rings is 1. The third-order valence-electron chi connectivity index (χ3n) is 4.02. The van der Waals surface area contributed by atoms with E-state index in [9.17, 15) is 0 Å². The summed E-state index contributed by atoms with van der Waals surface area (Å²) in [6.45, 7) is 2.04. The Morgan fingerprint density at radius 3 is 2.86 bits per heavy atom. The largest absolute Gasteiger partial charge is 0.310 e. The van der Waals surface area contributed by atoms with Crippen LogP contribution < -0.4 is 5.32 Å². The fourth-order valence-corrected chi connectivity index (χ4v) is 3.43. The van der Waals surface area contributed by atoms with Crippen molar-refractivity contribution in [2.75, 3.05) is 6.54 Å². The van der Waals surface area contributed by atoms with Crippen molar-refractivity contribution in [2.45, 2.75) is 19.4 Å². The highest BCUT2D eigenvalue weighted by Crippen LogP contribution is 2.30. The third-order valence-corrected chi connectivity index (χ3v) is 4.87. The molecule has 0 spiro atoms. The van der Waals surface area contributed by atoms with Gasteiger partial charge in [-0.1, -0.05) is 42.5 Å². The van der Waals surface area contributed by atoms with E-state index in [0.29, 0.717) is 0 Å². The molecule has 1 aliphatic carbocycles. The van der Waals surface area contributed by atoms with Crippen LogP contribution in [0.1, 0.15) is 17.8 Å². The summed E-state index contributed by atoms with van der Waals surface area (Å²) in [5.74, 6) is 0.919. The minimum Gasteiger partial charge on any atom is -0.310 e. The highest BCUT2D eigenvalue weighted by atomic mass is 32.1. The van der Waals surface area contributed by atoms with Crippen molar-refractivity contribution in [1.82, 2.24) is 10.3 Å². The van der Waals surface area contributed by atoms with Gasteiger partial charge in [-0.2, -0.15) is 0 Å². The molecule has 0 aliphatic heterocycles. The zero-order chi connectivity index (χ0) is 14.1. The van der Waals surface area contributed by atoms with Crippen LogP contribution in [-0.2, 0) is 6.54 Å². The Bertz CT molecular complexity index is 753. The lowest BCUT2D eigenvalue weighted by Gasteiger charge is -2.03. The molecule has 0 amide bonds. The van der Waals surface area contributed by atoms with Crippen LogP contribution in [0.4, 0.5) is 0 Å². The van der Waals surface area contributed by atoms with E-state index < -0.39 is 0 Å². The molecule has 2 nitrogen and oxygen atoms in total. The summed E-state index contributed by atoms with van der Waals surface area (Å²) in [6.07, 6.45) is 2.79. The standard InChI is InChI=1S/C18H18N2S/c1-2-6-15-14(4-1)5-3-7-16(15)17-12-21-18(20-17)11-19-10-13-8-9-13/h1-7,12-13,19H,8-11H2. The molecular formula is C18H18N2S. The lowest BCUT2D eigenvalue weighted by atomic mass is 10.0. The Hall–Kier alpha value is -1.71. The molecule has 1 fully saturated rings. The van der Waals surface area contributed by atoms with E-state index in [2.05, 4.69) is 53.2 Å². The van der Waals surface area contributed by atoms with Gasteiger partial charge < -0.3 is 5.32 Å². The smallest absolute Gasteiger partial charge is 0.107 e. The van der Waals surface area contributed by atoms with E-state index in [4.69, 9.17) is 4.98 Å². The molecule has 1 heterocycles. The van der Waals surface area contributed by atoms with Crippen LogP contribution in [-0.4, -0.2) is 11.5 Å². The summed E-state index contributed by atoms with van der Waals surface area (Å²) < 4.78 is 0. The first-order valence-corrected chi connectivity index (χ1v) is 8.41. The molecule has 0 bridgehead atoms. The summed E-state index contributed by atoms with van der Waals surface area (Å²) in [6, 6.07) is 14.9. The predicted molar refractivity (Wildman–Crippen MR) is 89.5 cm³/mol. The van der Waals surface area contributed by atoms with Gasteiger partial charge in [-0.3, -0.25) is 0 Å². The quantitative estimate of drug-likeness (QED) is 0.751. The maximum Gasteiger partial charge on any atom is 0.107 e. The van der Waals surface area contributed by atoms with Gasteiger partial charge in [-0.15, -0.1) is 11.3 Å². The maximum absolute atomic E-state index is 4.80. The van der Waals surface area contributed by atoms with Gasteiger partial charge in [0.05, 0.1) is 5.69 Å². The molecule has 0 radical (unpaired) electrons. The van der Waals surface area contributed by atoms with Crippen LogP contribution in [0.15, 0.2) is 47.8 Å². The Morgan fingerprint density at radius 1 is 1.10 bits per heavy atom. The van der Waals surface area contributed by atoms with Crippen LogP contribution in [0, 0.1) is 5.92 Å². The fraction of sp³-hybridized carbons (Fsp3) is 0.278. The zero-order valence-electron chi connectivity index (χ0n) is 11.9. The molecule has 1 aromatic heterocycles. The van der Waals surface area contributed by atoms with Crippen LogP contribution in [0.5, 0.6) is 0 Å². The minimum atomic E-state index is 0.895. The average molecular weight is 294 g/mol. The SMILES string of the molecule is c1ccc2c(-c3csc(CNCC4CC4)n3)cccc2c1. The van der Waals surface area contributed by atoms with E-state index in [1.807, 2.05) is 0 Å². The molecule has 1 N–H and O–H groups in total. The van der Waals surface area contributed by atoms with Gasteiger partial charge in [0.15, 0.2) is 0 Å². The van der Waals surface area contributed by atoms with E-state index in [1.54, 1.807) is 11.3 Å². The third kappa shape index (κ3) is 2.85. The van der Waals surface area contributed by atoms with E-state index in [1.165, 1.54) is 34.2 Å². The molecule has 4 rings (SSSR count). The van der Waals surface area contributed by atoms with Crippen LogP contribution in [0.3, 0.4) is 0 Å². The zero-order valence-corrected chi connectivity index (χ0v) is 12.7. The van der Waals surface area contributed by atoms with Crippen molar-refractivity contribution in [3.05, 3.63) is 52.9 Å². The molecule has 21 heavy (non-hydrogen) atoms. The van der Waals surface area contributed by atoms with Crippen LogP contribution in [0.25, 0.3) is 22.0 Å². The summed E-state index contributed by atoms with van der Waals surface area (Å²) in [4.78, 5) is 4.80. The second-order valence-corrected chi connectivity index (χ2v) is 6.67. The van der Waals surface area contributed by atoms with Gasteiger partial charge in [0.1, 0.15) is 5.01 Å². The van der Waals surface area contributed by atoms with Crippen molar-refractivity contribution in [3.63, 3.8) is 0 Å². The van der Waals surface area contributed by atoms with Gasteiger partial charge in [-0.05, 0) is 36.1 Å². The van der Waals surface area contributed by atoms with E-state index in [0.717, 1.165) is 24.7 Å². The average Bonchev–Trinajstić information content (AvgIpc) is 3.23. The second-order valence-electron chi connectivity index (χ2n) is 5.73. The molecule has 0 unspecified atom stereocenters. The number of fused-ring (bicyclic) bond motifs is 1. The topological polar surface area (TPSA) is 24.9 Å². The number of nitrogens with one attached hydrogen (secondary N) is 1. The Labute approximate surface area is 128 Å². The molecular weight excluding hydrogens is 276 g/mol. The minimum absolute atomic E-state index is 0.895. The fourth-order valence-electron chi connectivity index (χ4n) is 2.67. The normalized spacial score (nSPS) is 14.7. The van der Waals surface area contributed by atoms with Gasteiger partial charge in [-0.25, -0.2) is 4.98 Å². The summed E-state index contributed by atoms with van der Waals surface area (Å²) in [5, 5.41) is 9.42. The first kappa shape index (κ1) is 13.0. The molecule has 1 saturated carbocycles. The molecule has 1 aliphatic rings. The van der Waals surface area contributed by atoms with Crippen molar-refractivity contribution in [3.8, 4) is 11.3 Å². The lowest BCUT2D eigenvalue weighted by Crippen LogP contribution is -2.15. The second kappa shape index (κ2) is 5.58. The molecule has 2 aromatic carbocycles. The number of rotatable bonds is 5. The van der Waals surface area contributed by atoms with Crippen LogP contribution >= 0.6 is 11.3 Å². The van der Waals surface area contributed by atoms with Gasteiger partial charge in [0.25, 0.3) is 0 Å². The Kier molecular flexibility index (Phi) is 3.45. The molecule has 106 valence electrons. The van der Waals surface area contributed by atoms with Crippen molar-refractivity contribution in [1.29, 1.82) is 0 Å². The van der Waals surface area contributed by atoms with E-state index >= 15 is 0 Å².